The summed E-state index contributed by atoms with van der Waals surface area (Å²) < 4.78 is 68.3. The molecule has 1 aromatic heterocycles. The Hall–Kier alpha value is -2.36. The fraction of sp³-hybridized carbons (Fsp3) is 0.467. The van der Waals surface area contributed by atoms with E-state index in [-0.39, 0.29) is 15.1 Å². The number of unbranched alkanes of at least 4 members (excludes halogenated alkanes) is 2. The van der Waals surface area contributed by atoms with Crippen LogP contribution in [0.1, 0.15) is 70.7 Å². The molecule has 4 nitrogen and oxygen atoms in total. The number of halogens is 4. The van der Waals surface area contributed by atoms with E-state index >= 15 is 0 Å². The Morgan fingerprint density at radius 3 is 2.13 bits per heavy atom. The van der Waals surface area contributed by atoms with E-state index in [0.29, 0.717) is 0 Å². The van der Waals surface area contributed by atoms with Gasteiger partial charge in [-0.3, -0.25) is 0 Å². The van der Waals surface area contributed by atoms with Gasteiger partial charge in [-0.15, -0.1) is 0 Å². The van der Waals surface area contributed by atoms with Gasteiger partial charge >= 0.3 is 233 Å². The molecule has 0 aliphatic rings. The molecule has 0 N–H and O–H groups in total. The van der Waals surface area contributed by atoms with Gasteiger partial charge in [0.15, 0.2) is 0 Å². The van der Waals surface area contributed by atoms with Gasteiger partial charge in [-0.25, -0.2) is 0 Å². The molecule has 0 aliphatic carbocycles. The van der Waals surface area contributed by atoms with E-state index in [1.165, 1.54) is 6.07 Å². The van der Waals surface area contributed by atoms with Crippen LogP contribution in [0.4, 0.5) is 17.6 Å². The molecule has 0 aliphatic heterocycles. The van der Waals surface area contributed by atoms with Crippen LogP contribution in [0.2, 0.25) is 12.3 Å². The Morgan fingerprint density at radius 2 is 1.59 bits per heavy atom. The predicted molar refractivity (Wildman–Crippen MR) is 147 cm³/mol. The summed E-state index contributed by atoms with van der Waals surface area (Å²) in [7, 11) is 0. The molecular formula is C30H39F4N2O2Sn+. The predicted octanol–water partition coefficient (Wildman–Crippen LogP) is 7.31. The van der Waals surface area contributed by atoms with Crippen LogP contribution < -0.4 is 12.9 Å². The van der Waals surface area contributed by atoms with Gasteiger partial charge in [0.2, 0.25) is 0 Å². The van der Waals surface area contributed by atoms with E-state index in [4.69, 9.17) is 4.74 Å². The van der Waals surface area contributed by atoms with Crippen molar-refractivity contribution in [3.63, 3.8) is 0 Å². The normalized spacial score (nSPS) is 12.1. The number of rotatable bonds is 13. The molecule has 2 aromatic carbocycles. The van der Waals surface area contributed by atoms with Crippen molar-refractivity contribution in [3.8, 4) is 5.75 Å². The number of esters is 1. The zero-order valence-electron chi connectivity index (χ0n) is 23.5. The van der Waals surface area contributed by atoms with Gasteiger partial charge in [0, 0.05) is 0 Å². The Bertz CT molecular complexity index is 1260. The summed E-state index contributed by atoms with van der Waals surface area (Å²) in [5, 5.41) is 0. The number of imidazole rings is 1. The van der Waals surface area contributed by atoms with Crippen molar-refractivity contribution < 1.29 is 31.7 Å². The number of benzene rings is 2. The summed E-state index contributed by atoms with van der Waals surface area (Å²) in [5.74, 6) is -9.17. The van der Waals surface area contributed by atoms with Gasteiger partial charge in [-0.05, 0) is 0 Å². The third kappa shape index (κ3) is 6.87. The van der Waals surface area contributed by atoms with Gasteiger partial charge in [-0.1, -0.05) is 0 Å². The average molecular weight is 654 g/mol. The molecular weight excluding hydrogens is 615 g/mol. The summed E-state index contributed by atoms with van der Waals surface area (Å²) in [6.45, 7) is 12.8. The van der Waals surface area contributed by atoms with Crippen molar-refractivity contribution in [2.24, 2.45) is 0 Å². The van der Waals surface area contributed by atoms with Crippen LogP contribution in [0.5, 0.6) is 5.75 Å². The van der Waals surface area contributed by atoms with Gasteiger partial charge in [0.05, 0.1) is 0 Å². The third-order valence-electron chi connectivity index (χ3n) is 7.82. The summed E-state index contributed by atoms with van der Waals surface area (Å²) in [5.41, 5.74) is 0.102. The Morgan fingerprint density at radius 1 is 0.974 bits per heavy atom. The number of carbonyl (C=O) groups excluding carboxylic acids is 1. The minimum absolute atomic E-state index is 0.0456. The number of aryl methyl sites for hydroxylation is 1. The molecule has 0 atom stereocenters. The first-order valence-corrected chi connectivity index (χ1v) is 20.6. The van der Waals surface area contributed by atoms with Crippen molar-refractivity contribution in [3.05, 3.63) is 77.9 Å². The van der Waals surface area contributed by atoms with Crippen LogP contribution in [0.3, 0.4) is 0 Å². The first-order chi connectivity index (χ1) is 18.5. The van der Waals surface area contributed by atoms with E-state index in [2.05, 4.69) is 68.5 Å². The second kappa shape index (κ2) is 13.3. The summed E-state index contributed by atoms with van der Waals surface area (Å²) in [6, 6.07) is 7.23. The third-order valence-corrected chi connectivity index (χ3v) is 26.6. The second-order valence-corrected chi connectivity index (χ2v) is 25.4. The number of hydrogen-bond donors (Lipinski definition) is 0. The molecule has 0 saturated heterocycles. The molecule has 212 valence electrons. The molecule has 3 rings (SSSR count). The number of hydrogen-bond acceptors (Lipinski definition) is 2. The number of nitrogens with zero attached hydrogens (tertiary/aromatic N) is 2. The first kappa shape index (κ1) is 31.2. The molecule has 0 saturated carbocycles. The Balaban J connectivity index is 2.06. The minimum atomic E-state index is -3.37. The molecule has 0 fully saturated rings. The molecule has 0 unspecified atom stereocenters. The van der Waals surface area contributed by atoms with Crippen molar-refractivity contribution in [1.82, 2.24) is 4.57 Å². The molecule has 0 bridgehead atoms. The topological polar surface area (TPSA) is 35.1 Å². The van der Waals surface area contributed by atoms with E-state index in [1.807, 2.05) is 0 Å². The van der Waals surface area contributed by atoms with Crippen molar-refractivity contribution in [2.75, 3.05) is 0 Å². The SMILES string of the molecule is CCC[CH2][Sn]([CH2]CCC)([c]1cccc(C(=O)Oc2c(F)c(F)cc(F)c2F)c1)[C](C)(C)C[n+]1ccn(CC)c1. The van der Waals surface area contributed by atoms with Gasteiger partial charge in [0.25, 0.3) is 0 Å². The van der Waals surface area contributed by atoms with Gasteiger partial charge in [0.1, 0.15) is 0 Å². The molecule has 0 amide bonds. The van der Waals surface area contributed by atoms with Crippen LogP contribution in [-0.2, 0) is 13.1 Å². The summed E-state index contributed by atoms with van der Waals surface area (Å²) >= 11 is -3.37. The monoisotopic (exact) mass is 655 g/mol. The molecule has 3 aromatic rings. The Labute approximate surface area is 232 Å². The fourth-order valence-electron chi connectivity index (χ4n) is 5.50. The zero-order chi connectivity index (χ0) is 28.8. The van der Waals surface area contributed by atoms with Gasteiger partial charge < -0.3 is 0 Å². The standard InChI is InChI=1S/C13H5F4O2.C9H16N2.2C4H9.Sn/c14-8-6-9(15)11(17)12(10(8)16)19-13(18)7-4-2-1-3-5-7;1-4-10-5-6-11(8-10)7-9(2)3;2*1-3-4-2;/h1-2,4-6H;5-6,8H,4,7H2,1-3H3;2*1,3-4H2,2H3;/q;+1;;;. The Kier molecular flexibility index (Phi) is 10.7. The second-order valence-electron chi connectivity index (χ2n) is 10.9. The number of carbonyl (C=O) groups is 1. The van der Waals surface area contributed by atoms with Crippen LogP contribution in [0.25, 0.3) is 0 Å². The van der Waals surface area contributed by atoms with E-state index < -0.39 is 53.4 Å². The first-order valence-electron chi connectivity index (χ1n) is 13.7. The van der Waals surface area contributed by atoms with Crippen LogP contribution >= 0.6 is 0 Å². The molecule has 39 heavy (non-hydrogen) atoms. The quantitative estimate of drug-likeness (QED) is 0.0484. The van der Waals surface area contributed by atoms with Crippen molar-refractivity contribution in [2.45, 2.75) is 85.7 Å². The molecule has 0 radical (unpaired) electrons. The number of ether oxygens (including phenoxy) is 1. The van der Waals surface area contributed by atoms with Crippen LogP contribution in [-0.4, -0.2) is 28.9 Å². The molecule has 0 spiro atoms. The summed E-state index contributed by atoms with van der Waals surface area (Å²) in [6.07, 6.45) is 10.5. The summed E-state index contributed by atoms with van der Waals surface area (Å²) in [4.78, 5) is 13.0. The maximum absolute atomic E-state index is 14.2. The molecule has 1 heterocycles. The average Bonchev–Trinajstić information content (AvgIpc) is 3.37. The van der Waals surface area contributed by atoms with E-state index in [1.54, 1.807) is 12.1 Å². The van der Waals surface area contributed by atoms with E-state index in [0.717, 1.165) is 51.2 Å². The maximum atomic E-state index is 14.2. The van der Waals surface area contributed by atoms with E-state index in [9.17, 15) is 22.4 Å². The van der Waals surface area contributed by atoms with Gasteiger partial charge in [-0.2, -0.15) is 0 Å². The fourth-order valence-corrected chi connectivity index (χ4v) is 23.2. The molecule has 9 heteroatoms. The van der Waals surface area contributed by atoms with Crippen molar-refractivity contribution >= 4 is 27.9 Å². The zero-order valence-corrected chi connectivity index (χ0v) is 26.4. The van der Waals surface area contributed by atoms with Crippen LogP contribution in [0.15, 0.2) is 49.1 Å². The van der Waals surface area contributed by atoms with Crippen molar-refractivity contribution in [1.29, 1.82) is 0 Å². The number of aromatic nitrogens is 2. The van der Waals surface area contributed by atoms with Crippen LogP contribution in [0, 0.1) is 23.3 Å².